The van der Waals surface area contributed by atoms with Crippen molar-refractivity contribution in [3.8, 4) is 0 Å². The molecule has 16 heavy (non-hydrogen) atoms. The molecule has 0 fully saturated rings. The Morgan fingerprint density at radius 1 is 1.38 bits per heavy atom. The van der Waals surface area contributed by atoms with E-state index in [0.29, 0.717) is 13.0 Å². The van der Waals surface area contributed by atoms with E-state index in [4.69, 9.17) is 16.6 Å². The quantitative estimate of drug-likeness (QED) is 0.287. The molecule has 0 aromatic carbocycles. The molecule has 1 amide bonds. The van der Waals surface area contributed by atoms with E-state index < -0.39 is 17.9 Å². The number of carboxylic acids is 1. The summed E-state index contributed by atoms with van der Waals surface area (Å²) >= 11 is 0. The number of primary amides is 1. The van der Waals surface area contributed by atoms with E-state index >= 15 is 0 Å². The van der Waals surface area contributed by atoms with Gasteiger partial charge in [0.05, 0.1) is 0 Å². The van der Waals surface area contributed by atoms with Crippen LogP contribution in [0.25, 0.3) is 0 Å². The van der Waals surface area contributed by atoms with Crippen molar-refractivity contribution in [1.29, 1.82) is 0 Å². The zero-order chi connectivity index (χ0) is 12.3. The zero-order valence-corrected chi connectivity index (χ0v) is 9.93. The SMILES string of the molecule is C=CC(N)=O.NCCCC[C@H](N)C(=O)O.[Cu]. The molecule has 0 aliphatic rings. The van der Waals surface area contributed by atoms with Gasteiger partial charge in [-0.25, -0.2) is 0 Å². The van der Waals surface area contributed by atoms with Crippen molar-refractivity contribution in [2.24, 2.45) is 17.2 Å². The largest absolute Gasteiger partial charge is 0.480 e. The number of hydrogen-bond donors (Lipinski definition) is 4. The molecule has 0 aromatic rings. The van der Waals surface area contributed by atoms with Gasteiger partial charge in [0, 0.05) is 17.1 Å². The Hall–Kier alpha value is -0.881. The van der Waals surface area contributed by atoms with Gasteiger partial charge >= 0.3 is 5.97 Å². The Labute approximate surface area is 106 Å². The number of carboxylic acid groups (broad SMARTS) is 1. The second-order valence-electron chi connectivity index (χ2n) is 2.84. The first kappa shape index (κ1) is 20.5. The predicted molar refractivity (Wildman–Crippen MR) is 57.9 cm³/mol. The number of amides is 1. The number of hydrogen-bond acceptors (Lipinski definition) is 4. The molecule has 0 rings (SSSR count). The summed E-state index contributed by atoms with van der Waals surface area (Å²) in [6, 6.07) is -0.716. The summed E-state index contributed by atoms with van der Waals surface area (Å²) in [7, 11) is 0. The van der Waals surface area contributed by atoms with Crippen LogP contribution >= 0.6 is 0 Å². The van der Waals surface area contributed by atoms with Crippen LogP contribution in [0.1, 0.15) is 19.3 Å². The van der Waals surface area contributed by atoms with E-state index in [-0.39, 0.29) is 17.1 Å². The average molecular weight is 281 g/mol. The Morgan fingerprint density at radius 2 is 1.81 bits per heavy atom. The minimum atomic E-state index is -0.933. The topological polar surface area (TPSA) is 132 Å². The molecular weight excluding hydrogens is 262 g/mol. The van der Waals surface area contributed by atoms with Crippen molar-refractivity contribution >= 4 is 11.9 Å². The van der Waals surface area contributed by atoms with Crippen molar-refractivity contribution in [1.82, 2.24) is 0 Å². The molecule has 0 spiro atoms. The van der Waals surface area contributed by atoms with Crippen molar-refractivity contribution < 1.29 is 31.8 Å². The van der Waals surface area contributed by atoms with Crippen molar-refractivity contribution in [3.05, 3.63) is 12.7 Å². The second kappa shape index (κ2) is 14.1. The fraction of sp³-hybridized carbons (Fsp3) is 0.556. The van der Waals surface area contributed by atoms with Gasteiger partial charge < -0.3 is 22.3 Å². The molecule has 0 bridgehead atoms. The average Bonchev–Trinajstić information content (AvgIpc) is 2.18. The predicted octanol–water partition coefficient (Wildman–Crippen LogP) is -0.817. The number of carbonyl (C=O) groups excluding carboxylic acids is 1. The first-order chi connectivity index (χ1) is 6.95. The van der Waals surface area contributed by atoms with Crippen LogP contribution in [0.5, 0.6) is 0 Å². The van der Waals surface area contributed by atoms with Gasteiger partial charge in [-0.3, -0.25) is 9.59 Å². The molecule has 0 unspecified atom stereocenters. The van der Waals surface area contributed by atoms with Gasteiger partial charge in [-0.2, -0.15) is 0 Å². The normalized spacial score (nSPS) is 10.1. The summed E-state index contributed by atoms with van der Waals surface area (Å²) in [5.74, 6) is -1.41. The van der Waals surface area contributed by atoms with E-state index in [2.05, 4.69) is 12.3 Å². The molecule has 0 saturated carbocycles. The summed E-state index contributed by atoms with van der Waals surface area (Å²) in [5, 5.41) is 8.33. The maximum absolute atomic E-state index is 10.1. The van der Waals surface area contributed by atoms with Gasteiger partial charge in [-0.15, -0.1) is 0 Å². The van der Waals surface area contributed by atoms with Crippen LogP contribution in [0.2, 0.25) is 0 Å². The van der Waals surface area contributed by atoms with Crippen LogP contribution in [-0.4, -0.2) is 29.6 Å². The molecule has 0 saturated heterocycles. The van der Waals surface area contributed by atoms with E-state index in [1.165, 1.54) is 0 Å². The van der Waals surface area contributed by atoms with Crippen LogP contribution in [0.15, 0.2) is 12.7 Å². The summed E-state index contributed by atoms with van der Waals surface area (Å²) in [4.78, 5) is 19.6. The van der Waals surface area contributed by atoms with Crippen molar-refractivity contribution in [2.45, 2.75) is 25.3 Å². The van der Waals surface area contributed by atoms with Crippen LogP contribution in [0.3, 0.4) is 0 Å². The third-order valence-corrected chi connectivity index (χ3v) is 1.49. The third kappa shape index (κ3) is 18.8. The van der Waals surface area contributed by atoms with E-state index in [0.717, 1.165) is 18.9 Å². The van der Waals surface area contributed by atoms with Crippen LogP contribution in [0, 0.1) is 0 Å². The molecule has 1 radical (unpaired) electrons. The molecule has 6 nitrogen and oxygen atoms in total. The minimum Gasteiger partial charge on any atom is -0.480 e. The van der Waals surface area contributed by atoms with Crippen LogP contribution in [0.4, 0.5) is 0 Å². The monoisotopic (exact) mass is 280 g/mol. The summed E-state index contributed by atoms with van der Waals surface area (Å²) in [6.45, 7) is 3.69. The maximum atomic E-state index is 10.1. The fourth-order valence-electron chi connectivity index (χ4n) is 0.632. The van der Waals surface area contributed by atoms with Gasteiger partial charge in [0.2, 0.25) is 5.91 Å². The summed E-state index contributed by atoms with van der Waals surface area (Å²) in [5.41, 5.74) is 15.0. The Bertz CT molecular complexity index is 212. The number of carbonyl (C=O) groups is 2. The first-order valence-electron chi connectivity index (χ1n) is 4.56. The third-order valence-electron chi connectivity index (χ3n) is 1.49. The molecule has 1 atom stereocenters. The van der Waals surface area contributed by atoms with E-state index in [9.17, 15) is 9.59 Å². The Balaban J connectivity index is -0.000000242. The fourth-order valence-corrected chi connectivity index (χ4v) is 0.632. The number of unbranched alkanes of at least 4 members (excludes halogenated alkanes) is 1. The Morgan fingerprint density at radius 3 is 2.06 bits per heavy atom. The van der Waals surface area contributed by atoms with E-state index in [1.54, 1.807) is 0 Å². The molecular formula is C9H19CuN3O3. The molecule has 0 aliphatic carbocycles. The number of nitrogens with two attached hydrogens (primary N) is 3. The smallest absolute Gasteiger partial charge is 0.320 e. The van der Waals surface area contributed by atoms with Gasteiger partial charge in [-0.05, 0) is 25.5 Å². The van der Waals surface area contributed by atoms with Crippen LogP contribution in [-0.2, 0) is 26.7 Å². The van der Waals surface area contributed by atoms with Crippen molar-refractivity contribution in [3.63, 3.8) is 0 Å². The number of aliphatic carboxylic acids is 1. The molecule has 7 N–H and O–H groups in total. The Kier molecular flexibility index (Phi) is 18.1. The molecule has 99 valence electrons. The maximum Gasteiger partial charge on any atom is 0.320 e. The molecule has 0 aliphatic heterocycles. The first-order valence-corrected chi connectivity index (χ1v) is 4.56. The van der Waals surface area contributed by atoms with Crippen molar-refractivity contribution in [2.75, 3.05) is 6.54 Å². The van der Waals surface area contributed by atoms with Gasteiger partial charge in [-0.1, -0.05) is 13.0 Å². The standard InChI is InChI=1S/C6H14N2O2.C3H5NO.Cu/c7-4-2-1-3-5(8)6(9)10;1-2-3(4)5;/h5H,1-4,7-8H2,(H,9,10);2H,1H2,(H2,4,5);/t5-;;/m0../s1. The molecule has 0 heterocycles. The molecule has 7 heteroatoms. The van der Waals surface area contributed by atoms with Gasteiger partial charge in [0.25, 0.3) is 0 Å². The van der Waals surface area contributed by atoms with E-state index in [1.807, 2.05) is 0 Å². The van der Waals surface area contributed by atoms with Crippen LogP contribution < -0.4 is 17.2 Å². The minimum absolute atomic E-state index is 0. The summed E-state index contributed by atoms with van der Waals surface area (Å²) < 4.78 is 0. The van der Waals surface area contributed by atoms with Gasteiger partial charge in [0.1, 0.15) is 6.04 Å². The zero-order valence-electron chi connectivity index (χ0n) is 8.99. The van der Waals surface area contributed by atoms with Gasteiger partial charge in [0.15, 0.2) is 0 Å². The summed E-state index contributed by atoms with van der Waals surface area (Å²) in [6.07, 6.45) is 3.22. The number of rotatable bonds is 6. The molecule has 0 aromatic heterocycles. The second-order valence-corrected chi connectivity index (χ2v) is 2.84.